The monoisotopic (exact) mass is 270 g/mol. The summed E-state index contributed by atoms with van der Waals surface area (Å²) in [4.78, 5) is 12.0. The van der Waals surface area contributed by atoms with Crippen LogP contribution in [0.4, 0.5) is 0 Å². The molecule has 0 spiro atoms. The van der Waals surface area contributed by atoms with Gasteiger partial charge in [-0.15, -0.1) is 0 Å². The molecule has 1 N–H and O–H groups in total. The van der Waals surface area contributed by atoms with Gasteiger partial charge in [-0.25, -0.2) is 0 Å². The maximum Gasteiger partial charge on any atom is 0.250 e. The summed E-state index contributed by atoms with van der Waals surface area (Å²) in [6, 6.07) is 12.1. The topological polar surface area (TPSA) is 34.0 Å². The van der Waals surface area contributed by atoms with Crippen molar-refractivity contribution in [2.45, 2.75) is 33.4 Å². The third kappa shape index (κ3) is 3.36. The summed E-state index contributed by atoms with van der Waals surface area (Å²) >= 11 is 0. The van der Waals surface area contributed by atoms with Gasteiger partial charge in [-0.3, -0.25) is 4.79 Å². The van der Waals surface area contributed by atoms with Gasteiger partial charge in [-0.05, 0) is 43.1 Å². The molecular formula is C17H22N2O. The Labute approximate surface area is 120 Å². The van der Waals surface area contributed by atoms with Crippen LogP contribution in [0.25, 0.3) is 0 Å². The number of benzene rings is 1. The van der Waals surface area contributed by atoms with E-state index in [9.17, 15) is 4.79 Å². The molecule has 106 valence electrons. The number of nitrogens with one attached hydrogen (secondary N) is 1. The molecule has 2 rings (SSSR count). The molecule has 1 aromatic heterocycles. The number of nitrogens with zero attached hydrogens (tertiary/aromatic N) is 1. The fourth-order valence-electron chi connectivity index (χ4n) is 2.45. The Morgan fingerprint density at radius 3 is 2.60 bits per heavy atom. The highest BCUT2D eigenvalue weighted by Gasteiger charge is 2.13. The fourth-order valence-corrected chi connectivity index (χ4v) is 2.45. The van der Waals surface area contributed by atoms with E-state index in [0.717, 1.165) is 12.1 Å². The van der Waals surface area contributed by atoms with Crippen molar-refractivity contribution in [2.75, 3.05) is 6.54 Å². The lowest BCUT2D eigenvalue weighted by Crippen LogP contribution is -2.30. The number of rotatable bonds is 5. The predicted octanol–water partition coefficient (Wildman–Crippen LogP) is 2.82. The zero-order valence-corrected chi connectivity index (χ0v) is 12.4. The van der Waals surface area contributed by atoms with Gasteiger partial charge in [0, 0.05) is 18.8 Å². The van der Waals surface area contributed by atoms with E-state index in [2.05, 4.69) is 31.3 Å². The van der Waals surface area contributed by atoms with Gasteiger partial charge in [-0.1, -0.05) is 31.2 Å². The van der Waals surface area contributed by atoms with Crippen LogP contribution in [-0.4, -0.2) is 11.1 Å². The number of hydrogen-bond acceptors (Lipinski definition) is 2. The molecule has 0 aliphatic carbocycles. The number of likely N-dealkylation sites (N-methyl/N-ethyl adjacent to an activating group) is 1. The smallest absolute Gasteiger partial charge is 0.250 e. The highest BCUT2D eigenvalue weighted by atomic mass is 16.1. The van der Waals surface area contributed by atoms with Crippen LogP contribution in [-0.2, 0) is 6.54 Å². The average Bonchev–Trinajstić information content (AvgIpc) is 2.42. The van der Waals surface area contributed by atoms with E-state index in [1.807, 2.05) is 31.3 Å². The minimum absolute atomic E-state index is 0.0569. The molecule has 0 bridgehead atoms. The maximum atomic E-state index is 12.0. The van der Waals surface area contributed by atoms with Crippen molar-refractivity contribution in [1.29, 1.82) is 0 Å². The van der Waals surface area contributed by atoms with Gasteiger partial charge in [0.05, 0.1) is 6.04 Å². The molecule has 3 heteroatoms. The fraction of sp³-hybridized carbons (Fsp3) is 0.353. The molecule has 2 aromatic rings. The molecule has 0 amide bonds. The van der Waals surface area contributed by atoms with Gasteiger partial charge in [0.1, 0.15) is 0 Å². The number of hydrogen-bond donors (Lipinski definition) is 1. The van der Waals surface area contributed by atoms with Gasteiger partial charge in [-0.2, -0.15) is 0 Å². The minimum atomic E-state index is 0.0569. The van der Waals surface area contributed by atoms with Gasteiger partial charge < -0.3 is 9.88 Å². The van der Waals surface area contributed by atoms with Crippen molar-refractivity contribution in [3.05, 3.63) is 69.6 Å². The Morgan fingerprint density at radius 2 is 1.95 bits per heavy atom. The molecule has 0 aliphatic heterocycles. The van der Waals surface area contributed by atoms with Crippen LogP contribution in [0.5, 0.6) is 0 Å². The average molecular weight is 270 g/mol. The van der Waals surface area contributed by atoms with Crippen LogP contribution in [0.15, 0.2) is 47.4 Å². The highest BCUT2D eigenvalue weighted by Crippen LogP contribution is 2.18. The zero-order valence-electron chi connectivity index (χ0n) is 12.4. The summed E-state index contributed by atoms with van der Waals surface area (Å²) in [5.74, 6) is 0. The van der Waals surface area contributed by atoms with Crippen LogP contribution in [0.1, 0.15) is 29.7 Å². The van der Waals surface area contributed by atoms with Gasteiger partial charge >= 0.3 is 0 Å². The van der Waals surface area contributed by atoms with E-state index in [0.29, 0.717) is 6.54 Å². The molecule has 1 heterocycles. The lowest BCUT2D eigenvalue weighted by molar-refractivity contribution is 0.465. The summed E-state index contributed by atoms with van der Waals surface area (Å²) in [6.07, 6.45) is 1.88. The van der Waals surface area contributed by atoms with Gasteiger partial charge in [0.15, 0.2) is 0 Å². The lowest BCUT2D eigenvalue weighted by Gasteiger charge is -2.21. The zero-order chi connectivity index (χ0) is 14.5. The molecule has 1 atom stereocenters. The summed E-state index contributed by atoms with van der Waals surface area (Å²) in [6.45, 7) is 7.66. The molecule has 0 aliphatic rings. The second kappa shape index (κ2) is 6.53. The molecule has 0 radical (unpaired) electrons. The second-order valence-corrected chi connectivity index (χ2v) is 5.16. The molecule has 0 saturated carbocycles. The Bertz CT molecular complexity index is 631. The van der Waals surface area contributed by atoms with E-state index in [-0.39, 0.29) is 11.6 Å². The summed E-state index contributed by atoms with van der Waals surface area (Å²) in [5.41, 5.74) is 3.56. The first-order valence-corrected chi connectivity index (χ1v) is 7.08. The second-order valence-electron chi connectivity index (χ2n) is 5.16. The highest BCUT2D eigenvalue weighted by molar-refractivity contribution is 5.28. The number of aromatic nitrogens is 1. The van der Waals surface area contributed by atoms with Crippen LogP contribution in [0.2, 0.25) is 0 Å². The van der Waals surface area contributed by atoms with Crippen molar-refractivity contribution in [2.24, 2.45) is 0 Å². The number of pyridine rings is 1. The molecule has 20 heavy (non-hydrogen) atoms. The van der Waals surface area contributed by atoms with E-state index >= 15 is 0 Å². The van der Waals surface area contributed by atoms with E-state index < -0.39 is 0 Å². The van der Waals surface area contributed by atoms with Crippen LogP contribution in [0.3, 0.4) is 0 Å². The summed E-state index contributed by atoms with van der Waals surface area (Å²) in [7, 11) is 0. The van der Waals surface area contributed by atoms with E-state index in [1.165, 1.54) is 11.1 Å². The standard InChI is InChI=1S/C17H22N2O/c1-4-18-16(15-8-6-5-7-14(15)3)12-19-10-9-13(2)11-17(19)20/h5-11,16,18H,4,12H2,1-3H3. The van der Waals surface area contributed by atoms with Crippen molar-refractivity contribution in [3.8, 4) is 0 Å². The Hall–Kier alpha value is -1.87. The van der Waals surface area contributed by atoms with E-state index in [4.69, 9.17) is 0 Å². The largest absolute Gasteiger partial charge is 0.314 e. The third-order valence-corrected chi connectivity index (χ3v) is 3.55. The van der Waals surface area contributed by atoms with Gasteiger partial charge in [0.25, 0.3) is 5.56 Å². The van der Waals surface area contributed by atoms with Gasteiger partial charge in [0.2, 0.25) is 0 Å². The summed E-state index contributed by atoms with van der Waals surface area (Å²) in [5, 5.41) is 3.47. The van der Waals surface area contributed by atoms with Crippen molar-refractivity contribution < 1.29 is 0 Å². The third-order valence-electron chi connectivity index (χ3n) is 3.55. The molecule has 1 unspecified atom stereocenters. The predicted molar refractivity (Wildman–Crippen MR) is 83.0 cm³/mol. The summed E-state index contributed by atoms with van der Waals surface area (Å²) < 4.78 is 1.77. The van der Waals surface area contributed by atoms with Crippen LogP contribution >= 0.6 is 0 Å². The van der Waals surface area contributed by atoms with Crippen molar-refractivity contribution in [3.63, 3.8) is 0 Å². The Balaban J connectivity index is 2.30. The van der Waals surface area contributed by atoms with E-state index in [1.54, 1.807) is 10.6 Å². The SMILES string of the molecule is CCNC(Cn1ccc(C)cc1=O)c1ccccc1C. The van der Waals surface area contributed by atoms with Crippen molar-refractivity contribution in [1.82, 2.24) is 9.88 Å². The number of aryl methyl sites for hydroxylation is 2. The molecule has 3 nitrogen and oxygen atoms in total. The lowest BCUT2D eigenvalue weighted by atomic mass is 10.0. The first-order chi connectivity index (χ1) is 9.61. The Morgan fingerprint density at radius 1 is 1.20 bits per heavy atom. The molecule has 1 aromatic carbocycles. The normalized spacial score (nSPS) is 12.3. The first-order valence-electron chi connectivity index (χ1n) is 7.08. The molecule has 0 fully saturated rings. The van der Waals surface area contributed by atoms with Crippen LogP contribution < -0.4 is 10.9 Å². The van der Waals surface area contributed by atoms with Crippen LogP contribution in [0, 0.1) is 13.8 Å². The maximum absolute atomic E-state index is 12.0. The quantitative estimate of drug-likeness (QED) is 0.906. The first kappa shape index (κ1) is 14.5. The molecule has 0 saturated heterocycles. The molecular weight excluding hydrogens is 248 g/mol. The Kier molecular flexibility index (Phi) is 4.74. The minimum Gasteiger partial charge on any atom is -0.314 e. The van der Waals surface area contributed by atoms with Crippen molar-refractivity contribution >= 4 is 0 Å².